The normalized spacial score (nSPS) is 19.1. The molecule has 11 heteroatoms. The first-order valence-corrected chi connectivity index (χ1v) is 9.24. The van der Waals surface area contributed by atoms with Gasteiger partial charge < -0.3 is 10.6 Å². The minimum atomic E-state index is -4.71. The van der Waals surface area contributed by atoms with E-state index in [9.17, 15) is 27.6 Å². The predicted octanol–water partition coefficient (Wildman–Crippen LogP) is 4.42. The number of alkyl halides is 3. The molecule has 4 amide bonds. The number of anilines is 1. The minimum Gasteiger partial charge on any atom is -0.325 e. The topological polar surface area (TPSA) is 78.5 Å². The van der Waals surface area contributed by atoms with Gasteiger partial charge >= 0.3 is 12.2 Å². The third kappa shape index (κ3) is 4.22. The zero-order valence-electron chi connectivity index (χ0n) is 15.3. The second kappa shape index (κ2) is 7.81. The quantitative estimate of drug-likeness (QED) is 0.664. The molecule has 0 radical (unpaired) electrons. The molecular weight excluding hydrogens is 446 g/mol. The molecule has 0 spiro atoms. The first kappa shape index (κ1) is 21.9. The first-order chi connectivity index (χ1) is 13.9. The van der Waals surface area contributed by atoms with Crippen molar-refractivity contribution in [1.29, 1.82) is 0 Å². The highest BCUT2D eigenvalue weighted by Gasteiger charge is 2.49. The van der Waals surface area contributed by atoms with E-state index in [1.54, 1.807) is 24.3 Å². The van der Waals surface area contributed by atoms with E-state index in [2.05, 4.69) is 10.6 Å². The van der Waals surface area contributed by atoms with Crippen LogP contribution in [0.1, 0.15) is 18.1 Å². The maximum atomic E-state index is 13.0. The number of hydrogen-bond acceptors (Lipinski definition) is 3. The molecular formula is C19H14Cl2F3N3O3. The number of benzene rings is 2. The molecule has 1 atom stereocenters. The van der Waals surface area contributed by atoms with Crippen LogP contribution in [-0.2, 0) is 21.3 Å². The maximum Gasteiger partial charge on any atom is 0.417 e. The molecule has 1 aliphatic rings. The van der Waals surface area contributed by atoms with Crippen LogP contribution in [-0.4, -0.2) is 29.3 Å². The number of urea groups is 1. The number of nitrogens with one attached hydrogen (secondary N) is 2. The molecule has 0 aliphatic carbocycles. The second-order valence-electron chi connectivity index (χ2n) is 6.69. The number of nitrogens with zero attached hydrogens (tertiary/aromatic N) is 1. The van der Waals surface area contributed by atoms with E-state index in [0.29, 0.717) is 21.6 Å². The molecule has 0 bridgehead atoms. The summed E-state index contributed by atoms with van der Waals surface area (Å²) in [7, 11) is 0. The van der Waals surface area contributed by atoms with Gasteiger partial charge in [0.25, 0.3) is 5.91 Å². The lowest BCUT2D eigenvalue weighted by Crippen LogP contribution is -2.42. The molecule has 1 aliphatic heterocycles. The van der Waals surface area contributed by atoms with E-state index in [4.69, 9.17) is 23.2 Å². The van der Waals surface area contributed by atoms with Crippen molar-refractivity contribution < 1.29 is 27.6 Å². The van der Waals surface area contributed by atoms with Crippen LogP contribution in [0.2, 0.25) is 10.0 Å². The number of imide groups is 1. The van der Waals surface area contributed by atoms with E-state index < -0.39 is 46.7 Å². The third-order valence-electron chi connectivity index (χ3n) is 4.55. The maximum absolute atomic E-state index is 13.0. The fourth-order valence-corrected chi connectivity index (χ4v) is 3.33. The Balaban J connectivity index is 1.75. The molecule has 1 saturated heterocycles. The van der Waals surface area contributed by atoms with Crippen LogP contribution >= 0.6 is 23.2 Å². The summed E-state index contributed by atoms with van der Waals surface area (Å²) in [6.07, 6.45) is -4.71. The van der Waals surface area contributed by atoms with Gasteiger partial charge in [0.15, 0.2) is 0 Å². The van der Waals surface area contributed by atoms with Crippen molar-refractivity contribution in [3.8, 4) is 0 Å². The van der Waals surface area contributed by atoms with E-state index in [1.165, 1.54) is 13.0 Å². The molecule has 0 saturated carbocycles. The SMILES string of the molecule is C[C@]1(c2ccc(Cl)cc2)NC(=O)N(CC(=O)Nc2ccc(Cl)c(C(F)(F)F)c2)C1=O. The third-order valence-corrected chi connectivity index (χ3v) is 5.14. The summed E-state index contributed by atoms with van der Waals surface area (Å²) >= 11 is 11.4. The fraction of sp³-hybridized carbons (Fsp3) is 0.211. The zero-order chi connectivity index (χ0) is 22.3. The first-order valence-electron chi connectivity index (χ1n) is 8.48. The average molecular weight is 460 g/mol. The van der Waals surface area contributed by atoms with Gasteiger partial charge in [-0.2, -0.15) is 13.2 Å². The molecule has 158 valence electrons. The van der Waals surface area contributed by atoms with Crippen LogP contribution < -0.4 is 10.6 Å². The average Bonchev–Trinajstić information content (AvgIpc) is 2.87. The summed E-state index contributed by atoms with van der Waals surface area (Å²) < 4.78 is 38.9. The summed E-state index contributed by atoms with van der Waals surface area (Å²) in [5.74, 6) is -1.54. The number of carbonyl (C=O) groups excluding carboxylic acids is 3. The number of hydrogen-bond donors (Lipinski definition) is 2. The lowest BCUT2D eigenvalue weighted by atomic mass is 9.92. The van der Waals surface area contributed by atoms with Crippen LogP contribution in [0.4, 0.5) is 23.7 Å². The van der Waals surface area contributed by atoms with E-state index in [0.717, 1.165) is 6.07 Å². The molecule has 1 fully saturated rings. The fourth-order valence-electron chi connectivity index (χ4n) is 2.98. The molecule has 2 aromatic rings. The summed E-state index contributed by atoms with van der Waals surface area (Å²) in [6, 6.07) is 8.27. The highest BCUT2D eigenvalue weighted by atomic mass is 35.5. The molecule has 0 aromatic heterocycles. The number of halogens is 5. The van der Waals surface area contributed by atoms with Crippen molar-refractivity contribution in [1.82, 2.24) is 10.2 Å². The van der Waals surface area contributed by atoms with E-state index >= 15 is 0 Å². The van der Waals surface area contributed by atoms with Gasteiger partial charge in [0.05, 0.1) is 10.6 Å². The molecule has 6 nitrogen and oxygen atoms in total. The van der Waals surface area contributed by atoms with Crippen LogP contribution in [0.25, 0.3) is 0 Å². The minimum absolute atomic E-state index is 0.177. The largest absolute Gasteiger partial charge is 0.417 e. The van der Waals surface area contributed by atoms with Crippen molar-refractivity contribution in [3.63, 3.8) is 0 Å². The Labute approximate surface area is 178 Å². The van der Waals surface area contributed by atoms with E-state index in [1.807, 2.05) is 0 Å². The van der Waals surface area contributed by atoms with Gasteiger partial charge in [0.1, 0.15) is 12.1 Å². The summed E-state index contributed by atoms with van der Waals surface area (Å²) in [5, 5.41) is 4.68. The van der Waals surface area contributed by atoms with Crippen molar-refractivity contribution in [2.24, 2.45) is 0 Å². The van der Waals surface area contributed by atoms with Crippen molar-refractivity contribution in [2.45, 2.75) is 18.6 Å². The lowest BCUT2D eigenvalue weighted by molar-refractivity contribution is -0.137. The highest BCUT2D eigenvalue weighted by molar-refractivity contribution is 6.31. The predicted molar refractivity (Wildman–Crippen MR) is 104 cm³/mol. The number of amides is 4. The van der Waals surface area contributed by atoms with Crippen molar-refractivity contribution >= 4 is 46.7 Å². The van der Waals surface area contributed by atoms with Gasteiger partial charge in [0.2, 0.25) is 5.91 Å². The Morgan fingerprint density at radius 1 is 1.13 bits per heavy atom. The lowest BCUT2D eigenvalue weighted by Gasteiger charge is -2.22. The Kier molecular flexibility index (Phi) is 5.70. The Bertz CT molecular complexity index is 1030. The van der Waals surface area contributed by atoms with Gasteiger partial charge in [-0.1, -0.05) is 35.3 Å². The van der Waals surface area contributed by atoms with Crippen molar-refractivity contribution in [2.75, 3.05) is 11.9 Å². The number of carbonyl (C=O) groups is 3. The molecule has 30 heavy (non-hydrogen) atoms. The van der Waals surface area contributed by atoms with Crippen molar-refractivity contribution in [3.05, 3.63) is 63.6 Å². The van der Waals surface area contributed by atoms with Crippen LogP contribution in [0.5, 0.6) is 0 Å². The highest BCUT2D eigenvalue weighted by Crippen LogP contribution is 2.36. The van der Waals surface area contributed by atoms with Crippen LogP contribution in [0.3, 0.4) is 0 Å². The molecule has 3 rings (SSSR count). The van der Waals surface area contributed by atoms with Gasteiger partial charge in [-0.15, -0.1) is 0 Å². The molecule has 2 N–H and O–H groups in total. The van der Waals surface area contributed by atoms with Gasteiger partial charge in [-0.25, -0.2) is 4.79 Å². The smallest absolute Gasteiger partial charge is 0.325 e. The Hall–Kier alpha value is -2.78. The second-order valence-corrected chi connectivity index (χ2v) is 7.54. The summed E-state index contributed by atoms with van der Waals surface area (Å²) in [5.41, 5.74) is -2.25. The molecule has 1 heterocycles. The molecule has 0 unspecified atom stereocenters. The van der Waals surface area contributed by atoms with Gasteiger partial charge in [0, 0.05) is 10.7 Å². The number of rotatable bonds is 4. The molecule has 2 aromatic carbocycles. The zero-order valence-corrected chi connectivity index (χ0v) is 16.8. The summed E-state index contributed by atoms with van der Waals surface area (Å²) in [6.45, 7) is 0.793. The Morgan fingerprint density at radius 2 is 1.77 bits per heavy atom. The van der Waals surface area contributed by atoms with Gasteiger partial charge in [-0.05, 0) is 42.8 Å². The standard InChI is InChI=1S/C19H14Cl2F3N3O3/c1-18(10-2-4-11(20)5-3-10)16(29)27(17(30)26-18)9-15(28)25-12-6-7-14(21)13(8-12)19(22,23)24/h2-8H,9H2,1H3,(H,25,28)(H,26,30)/t18-/m1/s1. The Morgan fingerprint density at radius 3 is 2.37 bits per heavy atom. The van der Waals surface area contributed by atoms with E-state index in [-0.39, 0.29) is 5.69 Å². The van der Waals surface area contributed by atoms with Crippen LogP contribution in [0, 0.1) is 0 Å². The summed E-state index contributed by atoms with van der Waals surface area (Å²) in [4.78, 5) is 38.1. The van der Waals surface area contributed by atoms with Gasteiger partial charge in [-0.3, -0.25) is 14.5 Å². The van der Waals surface area contributed by atoms with Crippen LogP contribution in [0.15, 0.2) is 42.5 Å². The monoisotopic (exact) mass is 459 g/mol.